The molecule has 0 aromatic heterocycles. The third-order valence-corrected chi connectivity index (χ3v) is 4.67. The molecule has 2 rings (SSSR count). The van der Waals surface area contributed by atoms with Crippen LogP contribution in [0.4, 0.5) is 0 Å². The standard InChI is InChI=1S/C19H23NO3S/c1-13-5-7-15(8-6-13)14(2)20-19(21)12-24-16-9-10-17(22-3)18(11-16)23-4/h5-11,14H,12H2,1-4H3,(H,20,21)/t14-/m0/s1. The van der Waals surface area contributed by atoms with Crippen LogP contribution in [0.2, 0.25) is 0 Å². The van der Waals surface area contributed by atoms with Gasteiger partial charge in [0.1, 0.15) is 0 Å². The Kier molecular flexibility index (Phi) is 6.55. The van der Waals surface area contributed by atoms with Crippen molar-refractivity contribution < 1.29 is 14.3 Å². The maximum Gasteiger partial charge on any atom is 0.230 e. The number of methoxy groups -OCH3 is 2. The number of ether oxygens (including phenoxy) is 2. The topological polar surface area (TPSA) is 47.6 Å². The van der Waals surface area contributed by atoms with Crippen molar-refractivity contribution in [3.63, 3.8) is 0 Å². The Hall–Kier alpha value is -2.14. The number of hydrogen-bond donors (Lipinski definition) is 1. The van der Waals surface area contributed by atoms with Crippen molar-refractivity contribution >= 4 is 17.7 Å². The molecule has 0 saturated heterocycles. The van der Waals surface area contributed by atoms with Crippen molar-refractivity contribution in [2.24, 2.45) is 0 Å². The molecule has 0 aliphatic carbocycles. The number of carbonyl (C=O) groups is 1. The Morgan fingerprint density at radius 1 is 1.08 bits per heavy atom. The molecule has 0 saturated carbocycles. The van der Waals surface area contributed by atoms with Crippen LogP contribution in [-0.2, 0) is 4.79 Å². The maximum absolute atomic E-state index is 12.2. The van der Waals surface area contributed by atoms with Gasteiger partial charge in [0, 0.05) is 4.90 Å². The lowest BCUT2D eigenvalue weighted by Crippen LogP contribution is -2.28. The fourth-order valence-electron chi connectivity index (χ4n) is 2.28. The average Bonchev–Trinajstić information content (AvgIpc) is 2.60. The Morgan fingerprint density at radius 2 is 1.75 bits per heavy atom. The summed E-state index contributed by atoms with van der Waals surface area (Å²) in [4.78, 5) is 13.1. The Labute approximate surface area is 147 Å². The van der Waals surface area contributed by atoms with E-state index in [0.717, 1.165) is 10.5 Å². The highest BCUT2D eigenvalue weighted by atomic mass is 32.2. The zero-order valence-electron chi connectivity index (χ0n) is 14.5. The number of benzene rings is 2. The van der Waals surface area contributed by atoms with Gasteiger partial charge in [0.05, 0.1) is 26.0 Å². The molecule has 5 heteroatoms. The summed E-state index contributed by atoms with van der Waals surface area (Å²) in [6, 6.07) is 13.8. The van der Waals surface area contributed by atoms with Gasteiger partial charge in [-0.2, -0.15) is 0 Å². The number of nitrogens with one attached hydrogen (secondary N) is 1. The van der Waals surface area contributed by atoms with Crippen molar-refractivity contribution in [2.75, 3.05) is 20.0 Å². The van der Waals surface area contributed by atoms with Crippen LogP contribution in [0.5, 0.6) is 11.5 Å². The molecule has 0 aliphatic heterocycles. The van der Waals surface area contributed by atoms with Crippen LogP contribution in [0.1, 0.15) is 24.1 Å². The summed E-state index contributed by atoms with van der Waals surface area (Å²) < 4.78 is 10.5. The van der Waals surface area contributed by atoms with E-state index in [-0.39, 0.29) is 11.9 Å². The molecule has 24 heavy (non-hydrogen) atoms. The number of rotatable bonds is 7. The van der Waals surface area contributed by atoms with E-state index in [1.807, 2.05) is 44.2 Å². The fourth-order valence-corrected chi connectivity index (χ4v) is 3.01. The third kappa shape index (κ3) is 4.93. The van der Waals surface area contributed by atoms with Crippen molar-refractivity contribution in [1.82, 2.24) is 5.32 Å². The van der Waals surface area contributed by atoms with Crippen LogP contribution < -0.4 is 14.8 Å². The molecule has 0 spiro atoms. The van der Waals surface area contributed by atoms with Gasteiger partial charge in [-0.25, -0.2) is 0 Å². The van der Waals surface area contributed by atoms with Gasteiger partial charge in [-0.3, -0.25) is 4.79 Å². The summed E-state index contributed by atoms with van der Waals surface area (Å²) in [6.45, 7) is 4.04. The molecule has 4 nitrogen and oxygen atoms in total. The summed E-state index contributed by atoms with van der Waals surface area (Å²) in [6.07, 6.45) is 0. The predicted octanol–water partition coefficient (Wildman–Crippen LogP) is 3.98. The quantitative estimate of drug-likeness (QED) is 0.771. The first kappa shape index (κ1) is 18.2. The lowest BCUT2D eigenvalue weighted by atomic mass is 10.1. The van der Waals surface area contributed by atoms with E-state index in [2.05, 4.69) is 17.4 Å². The van der Waals surface area contributed by atoms with E-state index < -0.39 is 0 Å². The van der Waals surface area contributed by atoms with Gasteiger partial charge in [0.15, 0.2) is 11.5 Å². The van der Waals surface area contributed by atoms with Crippen molar-refractivity contribution in [2.45, 2.75) is 24.8 Å². The third-order valence-electron chi connectivity index (χ3n) is 3.68. The van der Waals surface area contributed by atoms with Crippen LogP contribution in [0.25, 0.3) is 0 Å². The molecule has 0 fully saturated rings. The number of hydrogen-bond acceptors (Lipinski definition) is 4. The van der Waals surface area contributed by atoms with Gasteiger partial charge in [-0.05, 0) is 37.6 Å². The number of thioether (sulfide) groups is 1. The molecule has 1 atom stereocenters. The monoisotopic (exact) mass is 345 g/mol. The normalized spacial score (nSPS) is 11.7. The van der Waals surface area contributed by atoms with E-state index in [0.29, 0.717) is 17.3 Å². The van der Waals surface area contributed by atoms with Crippen LogP contribution >= 0.6 is 11.8 Å². The summed E-state index contributed by atoms with van der Waals surface area (Å²) in [5.74, 6) is 1.70. The van der Waals surface area contributed by atoms with Crippen molar-refractivity contribution in [3.8, 4) is 11.5 Å². The van der Waals surface area contributed by atoms with Crippen LogP contribution in [0.15, 0.2) is 47.4 Å². The highest BCUT2D eigenvalue weighted by Gasteiger charge is 2.11. The molecule has 128 valence electrons. The summed E-state index contributed by atoms with van der Waals surface area (Å²) in [5.41, 5.74) is 2.31. The van der Waals surface area contributed by atoms with Gasteiger partial charge in [0.2, 0.25) is 5.91 Å². The molecule has 1 N–H and O–H groups in total. The highest BCUT2D eigenvalue weighted by molar-refractivity contribution is 8.00. The zero-order valence-corrected chi connectivity index (χ0v) is 15.3. The molecular weight excluding hydrogens is 322 g/mol. The van der Waals surface area contributed by atoms with Gasteiger partial charge in [0.25, 0.3) is 0 Å². The lowest BCUT2D eigenvalue weighted by molar-refractivity contribution is -0.119. The average molecular weight is 345 g/mol. The van der Waals surface area contributed by atoms with Gasteiger partial charge < -0.3 is 14.8 Å². The van der Waals surface area contributed by atoms with Crippen LogP contribution in [0, 0.1) is 6.92 Å². The predicted molar refractivity (Wildman–Crippen MR) is 98.0 cm³/mol. The van der Waals surface area contributed by atoms with Crippen LogP contribution in [0.3, 0.4) is 0 Å². The number of amides is 1. The fraction of sp³-hybridized carbons (Fsp3) is 0.316. The Morgan fingerprint density at radius 3 is 2.38 bits per heavy atom. The first-order valence-corrected chi connectivity index (χ1v) is 8.72. The molecule has 0 unspecified atom stereocenters. The van der Waals surface area contributed by atoms with E-state index in [4.69, 9.17) is 9.47 Å². The van der Waals surface area contributed by atoms with Gasteiger partial charge >= 0.3 is 0 Å². The molecule has 1 amide bonds. The van der Waals surface area contributed by atoms with Crippen molar-refractivity contribution in [3.05, 3.63) is 53.6 Å². The second kappa shape index (κ2) is 8.64. The SMILES string of the molecule is COc1ccc(SCC(=O)N[C@@H](C)c2ccc(C)cc2)cc1OC. The van der Waals surface area contributed by atoms with E-state index in [9.17, 15) is 4.79 Å². The molecule has 2 aromatic carbocycles. The lowest BCUT2D eigenvalue weighted by Gasteiger charge is -2.15. The molecule has 2 aromatic rings. The first-order valence-electron chi connectivity index (χ1n) is 7.74. The second-order valence-corrected chi connectivity index (χ2v) is 6.55. The highest BCUT2D eigenvalue weighted by Crippen LogP contribution is 2.31. The minimum atomic E-state index is -0.0101. The van der Waals surface area contributed by atoms with Crippen molar-refractivity contribution in [1.29, 1.82) is 0 Å². The minimum absolute atomic E-state index is 0.00265. The molecule has 0 heterocycles. The number of aryl methyl sites for hydroxylation is 1. The Balaban J connectivity index is 1.90. The smallest absolute Gasteiger partial charge is 0.230 e. The number of carbonyl (C=O) groups excluding carboxylic acids is 1. The summed E-state index contributed by atoms with van der Waals surface area (Å²) in [7, 11) is 3.20. The van der Waals surface area contributed by atoms with Crippen LogP contribution in [-0.4, -0.2) is 25.9 Å². The van der Waals surface area contributed by atoms with E-state index >= 15 is 0 Å². The second-order valence-electron chi connectivity index (χ2n) is 5.51. The summed E-state index contributed by atoms with van der Waals surface area (Å²) in [5, 5.41) is 3.02. The molecule has 0 radical (unpaired) electrons. The molecular formula is C19H23NO3S. The maximum atomic E-state index is 12.2. The Bertz CT molecular complexity index is 686. The van der Waals surface area contributed by atoms with E-state index in [1.54, 1.807) is 14.2 Å². The summed E-state index contributed by atoms with van der Waals surface area (Å²) >= 11 is 1.47. The van der Waals surface area contributed by atoms with Gasteiger partial charge in [-0.1, -0.05) is 29.8 Å². The molecule has 0 bridgehead atoms. The molecule has 0 aliphatic rings. The largest absolute Gasteiger partial charge is 0.493 e. The minimum Gasteiger partial charge on any atom is -0.493 e. The van der Waals surface area contributed by atoms with Gasteiger partial charge in [-0.15, -0.1) is 11.8 Å². The zero-order chi connectivity index (χ0) is 17.5. The van der Waals surface area contributed by atoms with E-state index in [1.165, 1.54) is 17.3 Å². The first-order chi connectivity index (χ1) is 11.5.